The van der Waals surface area contributed by atoms with E-state index in [1.165, 1.54) is 0 Å². The number of nitrogens with zero attached hydrogens (tertiary/aromatic N) is 2. The van der Waals surface area contributed by atoms with Crippen molar-refractivity contribution < 1.29 is 14.0 Å². The van der Waals surface area contributed by atoms with Crippen molar-refractivity contribution in [1.82, 2.24) is 20.5 Å². The highest BCUT2D eigenvalue weighted by Crippen LogP contribution is 2.22. The number of furan rings is 1. The quantitative estimate of drug-likeness (QED) is 0.677. The second-order valence-electron chi connectivity index (χ2n) is 6.51. The van der Waals surface area contributed by atoms with Gasteiger partial charge in [0.15, 0.2) is 0 Å². The van der Waals surface area contributed by atoms with Crippen LogP contribution in [0.15, 0.2) is 41.1 Å². The Balaban J connectivity index is 1.68. The summed E-state index contributed by atoms with van der Waals surface area (Å²) in [5.41, 5.74) is 0.536. The number of amides is 2. The maximum atomic E-state index is 12.6. The summed E-state index contributed by atoms with van der Waals surface area (Å²) in [5.74, 6) is 1.23. The molecule has 27 heavy (non-hydrogen) atoms. The largest absolute Gasteiger partial charge is 0.468 e. The van der Waals surface area contributed by atoms with Crippen molar-refractivity contribution in [2.45, 2.75) is 32.0 Å². The van der Waals surface area contributed by atoms with Crippen LogP contribution in [0.3, 0.4) is 0 Å². The summed E-state index contributed by atoms with van der Waals surface area (Å²) in [7, 11) is 1.75. The van der Waals surface area contributed by atoms with Crippen LogP contribution in [0, 0.1) is 0 Å². The first-order valence-corrected chi connectivity index (χ1v) is 9.09. The number of pyridine rings is 1. The first-order valence-electron chi connectivity index (χ1n) is 9.09. The van der Waals surface area contributed by atoms with E-state index in [1.807, 2.05) is 24.0 Å². The Kier molecular flexibility index (Phi) is 6.08. The van der Waals surface area contributed by atoms with Crippen LogP contribution in [0.2, 0.25) is 0 Å². The summed E-state index contributed by atoms with van der Waals surface area (Å²) < 4.78 is 5.42. The average Bonchev–Trinajstić information content (AvgIpc) is 3.32. The van der Waals surface area contributed by atoms with Gasteiger partial charge in [-0.25, -0.2) is 4.98 Å². The van der Waals surface area contributed by atoms with Crippen LogP contribution in [0.4, 0.5) is 5.82 Å². The fraction of sp³-hybridized carbons (Fsp3) is 0.421. The molecule has 0 bridgehead atoms. The summed E-state index contributed by atoms with van der Waals surface area (Å²) in [5, 5.41) is 8.83. The van der Waals surface area contributed by atoms with E-state index in [0.717, 1.165) is 5.76 Å². The minimum Gasteiger partial charge on any atom is -0.468 e. The normalized spacial score (nSPS) is 19.6. The Bertz CT molecular complexity index is 777. The summed E-state index contributed by atoms with van der Waals surface area (Å²) in [6.07, 6.45) is 3.77. The molecule has 2 aromatic rings. The van der Waals surface area contributed by atoms with Gasteiger partial charge in [-0.15, -0.1) is 0 Å². The Morgan fingerprint density at radius 2 is 2.22 bits per heavy atom. The lowest BCUT2D eigenvalue weighted by atomic mass is 10.1. The van der Waals surface area contributed by atoms with E-state index >= 15 is 0 Å². The lowest BCUT2D eigenvalue weighted by Crippen LogP contribution is -2.42. The molecule has 1 saturated heterocycles. The fourth-order valence-electron chi connectivity index (χ4n) is 3.33. The molecule has 0 spiro atoms. The van der Waals surface area contributed by atoms with Gasteiger partial charge in [0.25, 0.3) is 5.91 Å². The number of hydrogen-bond acceptors (Lipinski definition) is 6. The SMILES string of the molecule is CCNC(=O)[C@@H]1C[C@@H](NC(=O)c2ccnc(NC)c2)CN1Cc1ccco1. The van der Waals surface area contributed by atoms with Crippen molar-refractivity contribution in [2.75, 3.05) is 25.5 Å². The Hall–Kier alpha value is -2.87. The lowest BCUT2D eigenvalue weighted by Gasteiger charge is -2.22. The standard InChI is InChI=1S/C19H25N5O3/c1-3-21-19(26)16-10-14(11-24(16)12-15-5-4-8-27-15)23-18(25)13-6-7-22-17(9-13)20-2/h4-9,14,16H,3,10-12H2,1-2H3,(H,20,22)(H,21,26)(H,23,25)/t14-,16+/m1/s1. The van der Waals surface area contributed by atoms with E-state index in [0.29, 0.717) is 37.4 Å². The van der Waals surface area contributed by atoms with Gasteiger partial charge in [-0.1, -0.05) is 0 Å². The van der Waals surface area contributed by atoms with Gasteiger partial charge in [-0.3, -0.25) is 14.5 Å². The topological polar surface area (TPSA) is 99.5 Å². The zero-order valence-electron chi connectivity index (χ0n) is 15.6. The summed E-state index contributed by atoms with van der Waals surface area (Å²) in [6.45, 7) is 3.58. The van der Waals surface area contributed by atoms with Crippen molar-refractivity contribution in [3.05, 3.63) is 48.0 Å². The van der Waals surface area contributed by atoms with Gasteiger partial charge in [0.2, 0.25) is 5.91 Å². The fourth-order valence-corrected chi connectivity index (χ4v) is 3.33. The highest BCUT2D eigenvalue weighted by molar-refractivity contribution is 5.95. The molecule has 1 aliphatic heterocycles. The average molecular weight is 371 g/mol. The smallest absolute Gasteiger partial charge is 0.251 e. The second-order valence-corrected chi connectivity index (χ2v) is 6.51. The summed E-state index contributed by atoms with van der Waals surface area (Å²) in [6, 6.07) is 6.67. The number of carbonyl (C=O) groups is 2. The van der Waals surface area contributed by atoms with Crippen LogP contribution in [0.1, 0.15) is 29.5 Å². The van der Waals surface area contributed by atoms with E-state index < -0.39 is 0 Å². The zero-order chi connectivity index (χ0) is 19.2. The van der Waals surface area contributed by atoms with Crippen LogP contribution in [0.5, 0.6) is 0 Å². The molecule has 3 N–H and O–H groups in total. The Morgan fingerprint density at radius 3 is 2.93 bits per heavy atom. The van der Waals surface area contributed by atoms with Crippen molar-refractivity contribution in [1.29, 1.82) is 0 Å². The number of anilines is 1. The molecule has 2 atom stereocenters. The van der Waals surface area contributed by atoms with Gasteiger partial charge >= 0.3 is 0 Å². The molecule has 0 aliphatic carbocycles. The molecule has 0 aromatic carbocycles. The summed E-state index contributed by atoms with van der Waals surface area (Å²) in [4.78, 5) is 31.2. The molecule has 2 amide bonds. The molecule has 3 rings (SSSR count). The lowest BCUT2D eigenvalue weighted by molar-refractivity contribution is -0.125. The van der Waals surface area contributed by atoms with Crippen molar-refractivity contribution in [3.63, 3.8) is 0 Å². The molecular formula is C19H25N5O3. The monoisotopic (exact) mass is 371 g/mol. The molecular weight excluding hydrogens is 346 g/mol. The number of carbonyl (C=O) groups excluding carboxylic acids is 2. The number of nitrogens with one attached hydrogen (secondary N) is 3. The van der Waals surface area contributed by atoms with Gasteiger partial charge in [0, 0.05) is 37.9 Å². The molecule has 144 valence electrons. The molecule has 8 heteroatoms. The molecule has 1 aliphatic rings. The van der Waals surface area contributed by atoms with Crippen molar-refractivity contribution in [2.24, 2.45) is 0 Å². The third kappa shape index (κ3) is 4.65. The predicted molar refractivity (Wildman–Crippen MR) is 101 cm³/mol. The number of likely N-dealkylation sites (tertiary alicyclic amines) is 1. The van der Waals surface area contributed by atoms with Crippen LogP contribution in [-0.2, 0) is 11.3 Å². The summed E-state index contributed by atoms with van der Waals surface area (Å²) >= 11 is 0. The van der Waals surface area contributed by atoms with Gasteiger partial charge < -0.3 is 20.4 Å². The van der Waals surface area contributed by atoms with Crippen LogP contribution >= 0.6 is 0 Å². The van der Waals surface area contributed by atoms with Gasteiger partial charge in [0.05, 0.1) is 18.8 Å². The molecule has 8 nitrogen and oxygen atoms in total. The molecule has 0 unspecified atom stereocenters. The number of aromatic nitrogens is 1. The number of rotatable bonds is 7. The van der Waals surface area contributed by atoms with Crippen molar-refractivity contribution in [3.8, 4) is 0 Å². The number of likely N-dealkylation sites (N-methyl/N-ethyl adjacent to an activating group) is 1. The Morgan fingerprint density at radius 1 is 1.37 bits per heavy atom. The van der Waals surface area contributed by atoms with Crippen LogP contribution in [-0.4, -0.2) is 53.9 Å². The van der Waals surface area contributed by atoms with Gasteiger partial charge in [-0.2, -0.15) is 0 Å². The minimum atomic E-state index is -0.300. The van der Waals surface area contributed by atoms with Gasteiger partial charge in [0.1, 0.15) is 11.6 Å². The van der Waals surface area contributed by atoms with E-state index in [2.05, 4.69) is 20.9 Å². The van der Waals surface area contributed by atoms with E-state index in [4.69, 9.17) is 4.42 Å². The van der Waals surface area contributed by atoms with E-state index in [9.17, 15) is 9.59 Å². The van der Waals surface area contributed by atoms with Gasteiger partial charge in [-0.05, 0) is 37.6 Å². The molecule has 1 fully saturated rings. The highest BCUT2D eigenvalue weighted by atomic mass is 16.3. The second kappa shape index (κ2) is 8.68. The first kappa shape index (κ1) is 18.9. The maximum Gasteiger partial charge on any atom is 0.251 e. The first-order chi connectivity index (χ1) is 13.1. The predicted octanol–water partition coefficient (Wildman–Crippen LogP) is 1.23. The number of hydrogen-bond donors (Lipinski definition) is 3. The van der Waals surface area contributed by atoms with E-state index in [-0.39, 0.29) is 23.9 Å². The molecule has 0 saturated carbocycles. The van der Waals surface area contributed by atoms with Crippen LogP contribution in [0.25, 0.3) is 0 Å². The molecule has 0 radical (unpaired) electrons. The zero-order valence-corrected chi connectivity index (χ0v) is 15.6. The Labute approximate surface area is 158 Å². The minimum absolute atomic E-state index is 0.0258. The highest BCUT2D eigenvalue weighted by Gasteiger charge is 2.37. The molecule has 2 aromatic heterocycles. The maximum absolute atomic E-state index is 12.6. The van der Waals surface area contributed by atoms with E-state index in [1.54, 1.807) is 31.6 Å². The molecule has 3 heterocycles. The van der Waals surface area contributed by atoms with Crippen molar-refractivity contribution >= 4 is 17.6 Å². The third-order valence-corrected chi connectivity index (χ3v) is 4.61. The van der Waals surface area contributed by atoms with Crippen LogP contribution < -0.4 is 16.0 Å². The third-order valence-electron chi connectivity index (χ3n) is 4.61.